The lowest BCUT2D eigenvalue weighted by atomic mass is 10.0. The summed E-state index contributed by atoms with van der Waals surface area (Å²) < 4.78 is 25.3. The molecule has 1 aromatic carbocycles. The van der Waals surface area contributed by atoms with Crippen LogP contribution >= 0.6 is 0 Å². The van der Waals surface area contributed by atoms with Gasteiger partial charge in [-0.25, -0.2) is 8.78 Å². The molecular formula is C11H14F2O. The summed E-state index contributed by atoms with van der Waals surface area (Å²) in [5.41, 5.74) is 0.629. The molecule has 0 fully saturated rings. The van der Waals surface area contributed by atoms with Crippen LogP contribution in [-0.4, -0.2) is 11.2 Å². The molecule has 0 bridgehead atoms. The lowest BCUT2D eigenvalue weighted by Crippen LogP contribution is -2.09. The van der Waals surface area contributed by atoms with E-state index in [-0.39, 0.29) is 0 Å². The maximum atomic E-state index is 12.8. The molecule has 0 radical (unpaired) electrons. The number of rotatable bonds is 4. The second-order valence-corrected chi connectivity index (χ2v) is 3.40. The molecule has 0 aromatic heterocycles. The second-order valence-electron chi connectivity index (χ2n) is 3.40. The van der Waals surface area contributed by atoms with Gasteiger partial charge in [0.25, 0.3) is 0 Å². The molecule has 1 N–H and O–H groups in total. The molecule has 1 aromatic rings. The average molecular weight is 200 g/mol. The van der Waals surface area contributed by atoms with Crippen molar-refractivity contribution in [3.05, 3.63) is 35.4 Å². The second kappa shape index (κ2) is 5.05. The van der Waals surface area contributed by atoms with Crippen molar-refractivity contribution in [2.45, 2.75) is 32.3 Å². The molecule has 0 aliphatic carbocycles. The largest absolute Gasteiger partial charge is 0.393 e. The van der Waals surface area contributed by atoms with Crippen LogP contribution in [0.25, 0.3) is 0 Å². The van der Waals surface area contributed by atoms with Gasteiger partial charge in [0.05, 0.1) is 6.10 Å². The minimum atomic E-state index is -0.855. The third kappa shape index (κ3) is 3.07. The lowest BCUT2D eigenvalue weighted by Gasteiger charge is -2.08. The van der Waals surface area contributed by atoms with Gasteiger partial charge < -0.3 is 5.11 Å². The number of hydrogen-bond donors (Lipinski definition) is 1. The fraction of sp³-hybridized carbons (Fsp3) is 0.455. The Labute approximate surface area is 82.4 Å². The molecular weight excluding hydrogens is 186 g/mol. The summed E-state index contributed by atoms with van der Waals surface area (Å²) in [6.45, 7) is 1.97. The predicted molar refractivity (Wildman–Crippen MR) is 51.0 cm³/mol. The fourth-order valence-corrected chi connectivity index (χ4v) is 1.37. The van der Waals surface area contributed by atoms with E-state index in [9.17, 15) is 13.9 Å². The summed E-state index contributed by atoms with van der Waals surface area (Å²) in [5.74, 6) is -1.70. The van der Waals surface area contributed by atoms with E-state index < -0.39 is 17.7 Å². The van der Waals surface area contributed by atoms with Crippen LogP contribution in [0.15, 0.2) is 18.2 Å². The Kier molecular flexibility index (Phi) is 4.01. The highest BCUT2D eigenvalue weighted by Gasteiger charge is 2.07. The van der Waals surface area contributed by atoms with Gasteiger partial charge in [0.15, 0.2) is 11.6 Å². The highest BCUT2D eigenvalue weighted by atomic mass is 19.2. The van der Waals surface area contributed by atoms with Gasteiger partial charge in [-0.3, -0.25) is 0 Å². The fourth-order valence-electron chi connectivity index (χ4n) is 1.37. The number of aliphatic hydroxyl groups is 1. The van der Waals surface area contributed by atoms with Crippen molar-refractivity contribution < 1.29 is 13.9 Å². The van der Waals surface area contributed by atoms with Crippen LogP contribution < -0.4 is 0 Å². The van der Waals surface area contributed by atoms with Crippen LogP contribution in [0.3, 0.4) is 0 Å². The molecule has 0 spiro atoms. The molecule has 0 aliphatic heterocycles. The van der Waals surface area contributed by atoms with Crippen LogP contribution in [-0.2, 0) is 6.42 Å². The predicted octanol–water partition coefficient (Wildman–Crippen LogP) is 2.67. The van der Waals surface area contributed by atoms with Crippen molar-refractivity contribution in [2.75, 3.05) is 0 Å². The quantitative estimate of drug-likeness (QED) is 0.792. The van der Waals surface area contributed by atoms with Crippen LogP contribution in [0.1, 0.15) is 25.3 Å². The third-order valence-electron chi connectivity index (χ3n) is 2.08. The van der Waals surface area contributed by atoms with E-state index in [0.29, 0.717) is 18.4 Å². The molecule has 1 nitrogen and oxygen atoms in total. The van der Waals surface area contributed by atoms with E-state index in [2.05, 4.69) is 0 Å². The van der Waals surface area contributed by atoms with Gasteiger partial charge in [0, 0.05) is 0 Å². The summed E-state index contributed by atoms with van der Waals surface area (Å²) in [5, 5.41) is 9.45. The van der Waals surface area contributed by atoms with Crippen molar-refractivity contribution in [3.8, 4) is 0 Å². The average Bonchev–Trinajstić information content (AvgIpc) is 2.12. The summed E-state index contributed by atoms with van der Waals surface area (Å²) in [7, 11) is 0. The molecule has 1 atom stereocenters. The van der Waals surface area contributed by atoms with Gasteiger partial charge in [-0.1, -0.05) is 19.4 Å². The first-order chi connectivity index (χ1) is 6.63. The Hall–Kier alpha value is -0.960. The van der Waals surface area contributed by atoms with Gasteiger partial charge in [-0.05, 0) is 30.5 Å². The molecule has 1 rings (SSSR count). The van der Waals surface area contributed by atoms with Crippen molar-refractivity contribution in [3.63, 3.8) is 0 Å². The summed E-state index contributed by atoms with van der Waals surface area (Å²) in [6.07, 6.45) is 1.47. The molecule has 0 unspecified atom stereocenters. The van der Waals surface area contributed by atoms with E-state index in [1.54, 1.807) is 0 Å². The number of aliphatic hydroxyl groups excluding tert-OH is 1. The van der Waals surface area contributed by atoms with Gasteiger partial charge in [0.2, 0.25) is 0 Å². The van der Waals surface area contributed by atoms with E-state index in [0.717, 1.165) is 18.6 Å². The Morgan fingerprint density at radius 3 is 2.57 bits per heavy atom. The SMILES string of the molecule is CCC[C@H](O)Cc1ccc(F)c(F)c1. The maximum Gasteiger partial charge on any atom is 0.159 e. The lowest BCUT2D eigenvalue weighted by molar-refractivity contribution is 0.164. The summed E-state index contributed by atoms with van der Waals surface area (Å²) in [4.78, 5) is 0. The molecule has 0 aliphatic rings. The zero-order valence-corrected chi connectivity index (χ0v) is 8.13. The first-order valence-electron chi connectivity index (χ1n) is 4.75. The zero-order valence-electron chi connectivity index (χ0n) is 8.13. The van der Waals surface area contributed by atoms with Crippen molar-refractivity contribution in [1.29, 1.82) is 0 Å². The molecule has 0 amide bonds. The maximum absolute atomic E-state index is 12.8. The van der Waals surface area contributed by atoms with E-state index in [1.165, 1.54) is 6.07 Å². The first kappa shape index (κ1) is 11.1. The summed E-state index contributed by atoms with van der Waals surface area (Å²) in [6, 6.07) is 3.72. The number of halogens is 2. The van der Waals surface area contributed by atoms with Gasteiger partial charge in [-0.15, -0.1) is 0 Å². The monoisotopic (exact) mass is 200 g/mol. The molecule has 0 heterocycles. The highest BCUT2D eigenvalue weighted by molar-refractivity contribution is 5.18. The van der Waals surface area contributed by atoms with Crippen LogP contribution in [0, 0.1) is 11.6 Å². The zero-order chi connectivity index (χ0) is 10.6. The molecule has 0 saturated carbocycles. The Bertz CT molecular complexity index is 299. The first-order valence-corrected chi connectivity index (χ1v) is 4.75. The van der Waals surface area contributed by atoms with E-state index in [4.69, 9.17) is 0 Å². The molecule has 14 heavy (non-hydrogen) atoms. The highest BCUT2D eigenvalue weighted by Crippen LogP contribution is 2.12. The standard InChI is InChI=1S/C11H14F2O/c1-2-3-9(14)6-8-4-5-10(12)11(13)7-8/h4-5,7,9,14H,2-3,6H2,1H3/t9-/m0/s1. The van der Waals surface area contributed by atoms with Gasteiger partial charge in [0.1, 0.15) is 0 Å². The van der Waals surface area contributed by atoms with E-state index >= 15 is 0 Å². The van der Waals surface area contributed by atoms with E-state index in [1.807, 2.05) is 6.92 Å². The topological polar surface area (TPSA) is 20.2 Å². The molecule has 78 valence electrons. The van der Waals surface area contributed by atoms with Crippen molar-refractivity contribution in [1.82, 2.24) is 0 Å². The van der Waals surface area contributed by atoms with Crippen molar-refractivity contribution >= 4 is 0 Å². The Morgan fingerprint density at radius 1 is 1.29 bits per heavy atom. The van der Waals surface area contributed by atoms with Gasteiger partial charge in [-0.2, -0.15) is 0 Å². The van der Waals surface area contributed by atoms with Crippen LogP contribution in [0.4, 0.5) is 8.78 Å². The van der Waals surface area contributed by atoms with Crippen LogP contribution in [0.5, 0.6) is 0 Å². The third-order valence-corrected chi connectivity index (χ3v) is 2.08. The normalized spacial score (nSPS) is 12.9. The number of benzene rings is 1. The van der Waals surface area contributed by atoms with Crippen LogP contribution in [0.2, 0.25) is 0 Å². The Balaban J connectivity index is 2.63. The Morgan fingerprint density at radius 2 is 2.00 bits per heavy atom. The van der Waals surface area contributed by atoms with Crippen molar-refractivity contribution in [2.24, 2.45) is 0 Å². The van der Waals surface area contributed by atoms with Gasteiger partial charge >= 0.3 is 0 Å². The minimum Gasteiger partial charge on any atom is -0.393 e. The molecule has 3 heteroatoms. The summed E-state index contributed by atoms with van der Waals surface area (Å²) >= 11 is 0. The number of hydrogen-bond acceptors (Lipinski definition) is 1. The smallest absolute Gasteiger partial charge is 0.159 e. The minimum absolute atomic E-state index is 0.380. The molecule has 0 saturated heterocycles.